The monoisotopic (exact) mass is 178 g/mol. The number of carbonyl (C=O) groups is 1. The average Bonchev–Trinajstić information content (AvgIpc) is 2.67. The van der Waals surface area contributed by atoms with Crippen LogP contribution in [0.25, 0.3) is 0 Å². The van der Waals surface area contributed by atoms with Crippen molar-refractivity contribution in [2.24, 2.45) is 29.6 Å². The van der Waals surface area contributed by atoms with Gasteiger partial charge in [0.1, 0.15) is 5.78 Å². The number of ketones is 1. The van der Waals surface area contributed by atoms with Gasteiger partial charge in [-0.1, -0.05) is 6.92 Å². The Morgan fingerprint density at radius 3 is 2.54 bits per heavy atom. The van der Waals surface area contributed by atoms with Crippen LogP contribution in [0.4, 0.5) is 0 Å². The van der Waals surface area contributed by atoms with Gasteiger partial charge in [-0.2, -0.15) is 0 Å². The predicted octanol–water partition coefficient (Wildman–Crippen LogP) is 2.65. The highest BCUT2D eigenvalue weighted by molar-refractivity contribution is 5.81. The number of rotatable bonds is 0. The first-order valence-electron chi connectivity index (χ1n) is 5.78. The smallest absolute Gasteiger partial charge is 0.136 e. The normalized spacial score (nSPS) is 53.9. The van der Waals surface area contributed by atoms with Crippen molar-refractivity contribution in [1.82, 2.24) is 0 Å². The van der Waals surface area contributed by atoms with Gasteiger partial charge >= 0.3 is 0 Å². The third kappa shape index (κ3) is 1.02. The molecule has 0 N–H and O–H groups in total. The second-order valence-corrected chi connectivity index (χ2v) is 5.47. The molecule has 0 radical (unpaired) electrons. The summed E-state index contributed by atoms with van der Waals surface area (Å²) < 4.78 is 0. The molecule has 3 rings (SSSR count). The Balaban J connectivity index is 1.84. The fraction of sp³-hybridized carbons (Fsp3) is 0.917. The topological polar surface area (TPSA) is 17.1 Å². The van der Waals surface area contributed by atoms with Gasteiger partial charge < -0.3 is 0 Å². The van der Waals surface area contributed by atoms with E-state index in [0.717, 1.165) is 30.1 Å². The first-order valence-corrected chi connectivity index (χ1v) is 5.78. The Labute approximate surface area is 79.9 Å². The van der Waals surface area contributed by atoms with Gasteiger partial charge in [-0.25, -0.2) is 0 Å². The molecule has 3 fully saturated rings. The molecule has 3 aliphatic rings. The third-order valence-electron chi connectivity index (χ3n) is 4.89. The van der Waals surface area contributed by atoms with E-state index in [-0.39, 0.29) is 0 Å². The Hall–Kier alpha value is -0.330. The summed E-state index contributed by atoms with van der Waals surface area (Å²) in [5, 5.41) is 0. The van der Waals surface area contributed by atoms with E-state index in [9.17, 15) is 4.79 Å². The van der Waals surface area contributed by atoms with Crippen molar-refractivity contribution >= 4 is 5.78 Å². The largest absolute Gasteiger partial charge is 0.299 e. The van der Waals surface area contributed by atoms with E-state index >= 15 is 0 Å². The van der Waals surface area contributed by atoms with Gasteiger partial charge in [-0.05, 0) is 49.4 Å². The van der Waals surface area contributed by atoms with Crippen LogP contribution in [0.1, 0.15) is 39.0 Å². The molecule has 13 heavy (non-hydrogen) atoms. The maximum absolute atomic E-state index is 11.6. The fourth-order valence-electron chi connectivity index (χ4n) is 4.19. The zero-order valence-electron chi connectivity index (χ0n) is 8.33. The maximum atomic E-state index is 11.6. The van der Waals surface area contributed by atoms with Gasteiger partial charge in [0, 0.05) is 12.3 Å². The van der Waals surface area contributed by atoms with Crippen LogP contribution in [0.5, 0.6) is 0 Å². The second kappa shape index (κ2) is 2.59. The van der Waals surface area contributed by atoms with E-state index in [1.54, 1.807) is 0 Å². The van der Waals surface area contributed by atoms with Gasteiger partial charge in [0.2, 0.25) is 0 Å². The minimum absolute atomic E-state index is 0.376. The molecule has 5 atom stereocenters. The maximum Gasteiger partial charge on any atom is 0.136 e. The number of hydrogen-bond acceptors (Lipinski definition) is 1. The number of fused-ring (bicyclic) bond motifs is 5. The Bertz CT molecular complexity index is 246. The van der Waals surface area contributed by atoms with Crippen LogP contribution in [0.15, 0.2) is 0 Å². The van der Waals surface area contributed by atoms with Gasteiger partial charge in [-0.3, -0.25) is 4.79 Å². The zero-order chi connectivity index (χ0) is 9.00. The van der Waals surface area contributed by atoms with Crippen molar-refractivity contribution < 1.29 is 4.79 Å². The average molecular weight is 178 g/mol. The Morgan fingerprint density at radius 1 is 1.08 bits per heavy atom. The quantitative estimate of drug-likeness (QED) is 0.557. The molecule has 0 amide bonds. The molecule has 3 saturated carbocycles. The molecule has 2 bridgehead atoms. The van der Waals surface area contributed by atoms with Crippen LogP contribution in [-0.2, 0) is 4.79 Å². The summed E-state index contributed by atoms with van der Waals surface area (Å²) in [4.78, 5) is 11.6. The number of Topliss-reactive ketones (excluding diaryl/α,β-unsaturated/α-hetero) is 1. The summed E-state index contributed by atoms with van der Waals surface area (Å²) in [6, 6.07) is 0. The fourth-order valence-corrected chi connectivity index (χ4v) is 4.19. The first-order chi connectivity index (χ1) is 6.25. The molecule has 0 aliphatic heterocycles. The Kier molecular flexibility index (Phi) is 1.59. The molecule has 1 heteroatoms. The van der Waals surface area contributed by atoms with E-state index in [0.29, 0.717) is 11.7 Å². The van der Waals surface area contributed by atoms with Crippen molar-refractivity contribution in [3.05, 3.63) is 0 Å². The molecule has 3 unspecified atom stereocenters. The summed E-state index contributed by atoms with van der Waals surface area (Å²) in [6.45, 7) is 2.13. The summed E-state index contributed by atoms with van der Waals surface area (Å²) in [5.74, 6) is 4.61. The SMILES string of the molecule is CC1C[C@H]2C3CCC(C3)[C@H]2CC1=O. The lowest BCUT2D eigenvalue weighted by atomic mass is 9.67. The van der Waals surface area contributed by atoms with E-state index in [1.807, 2.05) is 0 Å². The molecule has 0 aromatic heterocycles. The van der Waals surface area contributed by atoms with Crippen molar-refractivity contribution in [3.8, 4) is 0 Å². The van der Waals surface area contributed by atoms with Crippen LogP contribution in [-0.4, -0.2) is 5.78 Å². The van der Waals surface area contributed by atoms with Crippen LogP contribution in [0.3, 0.4) is 0 Å². The van der Waals surface area contributed by atoms with E-state index in [1.165, 1.54) is 25.7 Å². The molecule has 0 heterocycles. The van der Waals surface area contributed by atoms with Crippen LogP contribution < -0.4 is 0 Å². The highest BCUT2D eigenvalue weighted by Crippen LogP contribution is 2.57. The zero-order valence-corrected chi connectivity index (χ0v) is 8.33. The third-order valence-corrected chi connectivity index (χ3v) is 4.89. The molecule has 0 spiro atoms. The Morgan fingerprint density at radius 2 is 1.77 bits per heavy atom. The number of hydrogen-bond donors (Lipinski definition) is 0. The van der Waals surface area contributed by atoms with Gasteiger partial charge in [0.15, 0.2) is 0 Å². The minimum atomic E-state index is 0.376. The van der Waals surface area contributed by atoms with Gasteiger partial charge in [0.05, 0.1) is 0 Å². The van der Waals surface area contributed by atoms with Crippen LogP contribution in [0.2, 0.25) is 0 Å². The highest BCUT2D eigenvalue weighted by atomic mass is 16.1. The predicted molar refractivity (Wildman–Crippen MR) is 51.2 cm³/mol. The summed E-state index contributed by atoms with van der Waals surface area (Å²) in [5.41, 5.74) is 0. The van der Waals surface area contributed by atoms with Crippen LogP contribution in [0, 0.1) is 29.6 Å². The van der Waals surface area contributed by atoms with E-state index in [4.69, 9.17) is 0 Å². The lowest BCUT2D eigenvalue weighted by Crippen LogP contribution is -2.34. The molecular weight excluding hydrogens is 160 g/mol. The van der Waals surface area contributed by atoms with Gasteiger partial charge in [0.25, 0.3) is 0 Å². The lowest BCUT2D eigenvalue weighted by molar-refractivity contribution is -0.127. The first kappa shape index (κ1) is 8.02. The number of carbonyl (C=O) groups excluding carboxylic acids is 1. The lowest BCUT2D eigenvalue weighted by Gasteiger charge is -2.36. The summed E-state index contributed by atoms with van der Waals surface area (Å²) >= 11 is 0. The van der Waals surface area contributed by atoms with Crippen molar-refractivity contribution in [2.75, 3.05) is 0 Å². The van der Waals surface area contributed by atoms with E-state index in [2.05, 4.69) is 6.92 Å². The molecule has 72 valence electrons. The molecule has 0 saturated heterocycles. The standard InChI is InChI=1S/C12H18O/c1-7-4-10-8-2-3-9(5-8)11(10)6-12(7)13/h7-11H,2-6H2,1H3/t7?,8?,9?,10-,11+/m0/s1. The molecule has 3 aliphatic carbocycles. The molecular formula is C12H18O. The summed E-state index contributed by atoms with van der Waals surface area (Å²) in [6.07, 6.45) is 6.48. The van der Waals surface area contributed by atoms with Crippen molar-refractivity contribution in [3.63, 3.8) is 0 Å². The van der Waals surface area contributed by atoms with Gasteiger partial charge in [-0.15, -0.1) is 0 Å². The van der Waals surface area contributed by atoms with Crippen molar-refractivity contribution in [2.45, 2.75) is 39.0 Å². The second-order valence-electron chi connectivity index (χ2n) is 5.47. The molecule has 0 aromatic rings. The molecule has 1 nitrogen and oxygen atoms in total. The highest BCUT2D eigenvalue weighted by Gasteiger charge is 2.50. The summed E-state index contributed by atoms with van der Waals surface area (Å²) in [7, 11) is 0. The minimum Gasteiger partial charge on any atom is -0.299 e. The molecule has 0 aromatic carbocycles. The van der Waals surface area contributed by atoms with Crippen LogP contribution >= 0.6 is 0 Å². The van der Waals surface area contributed by atoms with Crippen molar-refractivity contribution in [1.29, 1.82) is 0 Å². The van der Waals surface area contributed by atoms with E-state index < -0.39 is 0 Å².